The molecule has 1 heterocycles. The van der Waals surface area contributed by atoms with E-state index in [1.807, 2.05) is 19.9 Å². The lowest BCUT2D eigenvalue weighted by Gasteiger charge is -2.25. The number of hydrogen-bond donors (Lipinski definition) is 0. The third kappa shape index (κ3) is 4.73. The molecular formula is C16H22F3NOS. The van der Waals surface area contributed by atoms with Crippen LogP contribution in [-0.2, 0) is 12.8 Å². The number of nitrogens with zero attached hydrogens (tertiary/aromatic N) is 1. The maximum absolute atomic E-state index is 12.7. The van der Waals surface area contributed by atoms with E-state index in [1.54, 1.807) is 0 Å². The van der Waals surface area contributed by atoms with Gasteiger partial charge in [-0.25, -0.2) is 0 Å². The second-order valence-corrected chi connectivity index (χ2v) is 7.45. The van der Waals surface area contributed by atoms with Gasteiger partial charge in [-0.1, -0.05) is 20.3 Å². The minimum Gasteiger partial charge on any atom is -0.329 e. The maximum Gasteiger partial charge on any atom is 0.406 e. The number of alkyl halides is 3. The van der Waals surface area contributed by atoms with Crippen LogP contribution in [0.1, 0.15) is 53.2 Å². The van der Waals surface area contributed by atoms with Crippen molar-refractivity contribution >= 4 is 17.2 Å². The highest BCUT2D eigenvalue weighted by atomic mass is 32.1. The molecule has 1 aromatic rings. The first-order chi connectivity index (χ1) is 10.3. The van der Waals surface area contributed by atoms with Gasteiger partial charge >= 0.3 is 6.18 Å². The van der Waals surface area contributed by atoms with Gasteiger partial charge in [0.2, 0.25) is 0 Å². The molecule has 2 rings (SSSR count). The van der Waals surface area contributed by atoms with Crippen LogP contribution in [-0.4, -0.2) is 30.1 Å². The summed E-state index contributed by atoms with van der Waals surface area (Å²) in [5.41, 5.74) is 1.15. The summed E-state index contributed by atoms with van der Waals surface area (Å²) in [6.07, 6.45) is 0.880. The smallest absolute Gasteiger partial charge is 0.329 e. The fourth-order valence-corrected chi connectivity index (χ4v) is 4.03. The van der Waals surface area contributed by atoms with E-state index in [0.29, 0.717) is 4.88 Å². The van der Waals surface area contributed by atoms with Crippen LogP contribution in [0.4, 0.5) is 13.2 Å². The molecule has 22 heavy (non-hydrogen) atoms. The molecule has 0 fully saturated rings. The van der Waals surface area contributed by atoms with Crippen LogP contribution in [0.2, 0.25) is 0 Å². The van der Waals surface area contributed by atoms with Crippen LogP contribution in [0.5, 0.6) is 0 Å². The molecule has 124 valence electrons. The third-order valence-corrected chi connectivity index (χ3v) is 4.93. The molecule has 0 N–H and O–H groups in total. The summed E-state index contributed by atoms with van der Waals surface area (Å²) in [5, 5.41) is 0. The summed E-state index contributed by atoms with van der Waals surface area (Å²) in [5.74, 6) is -0.479. The average Bonchev–Trinajstić information content (AvgIpc) is 2.66. The number of carbonyl (C=O) groups excluding carboxylic acids is 1. The second kappa shape index (κ2) is 7.02. The minimum absolute atomic E-state index is 0.00378. The summed E-state index contributed by atoms with van der Waals surface area (Å²) in [6.45, 7) is 2.59. The number of rotatable bonds is 4. The average molecular weight is 333 g/mol. The van der Waals surface area contributed by atoms with Gasteiger partial charge in [0.25, 0.3) is 5.91 Å². The Morgan fingerprint density at radius 2 is 1.95 bits per heavy atom. The fraction of sp³-hybridized carbons (Fsp3) is 0.688. The van der Waals surface area contributed by atoms with Crippen LogP contribution in [0.3, 0.4) is 0 Å². The molecule has 1 aliphatic rings. The van der Waals surface area contributed by atoms with Crippen molar-refractivity contribution in [3.63, 3.8) is 0 Å². The second-order valence-electron chi connectivity index (χ2n) is 6.31. The van der Waals surface area contributed by atoms with E-state index in [-0.39, 0.29) is 12.5 Å². The van der Waals surface area contributed by atoms with Crippen molar-refractivity contribution in [2.24, 2.45) is 5.92 Å². The van der Waals surface area contributed by atoms with Gasteiger partial charge in [0.1, 0.15) is 6.54 Å². The molecule has 0 saturated heterocycles. The van der Waals surface area contributed by atoms with Gasteiger partial charge in [-0.3, -0.25) is 4.79 Å². The number of thiophene rings is 1. The molecule has 1 aromatic heterocycles. The number of hydrogen-bond acceptors (Lipinski definition) is 2. The fourth-order valence-electron chi connectivity index (χ4n) is 2.81. The molecule has 0 aliphatic heterocycles. The van der Waals surface area contributed by atoms with Gasteiger partial charge in [0.05, 0.1) is 4.88 Å². The Hall–Kier alpha value is -1.04. The summed E-state index contributed by atoms with van der Waals surface area (Å²) < 4.78 is 38.2. The monoisotopic (exact) mass is 333 g/mol. The summed E-state index contributed by atoms with van der Waals surface area (Å²) in [6, 6.07) is 1.82. The predicted octanol–water partition coefficient (Wildman–Crippen LogP) is 4.68. The van der Waals surface area contributed by atoms with Crippen molar-refractivity contribution in [2.75, 3.05) is 13.1 Å². The zero-order valence-electron chi connectivity index (χ0n) is 13.0. The Morgan fingerprint density at radius 1 is 1.27 bits per heavy atom. The highest BCUT2D eigenvalue weighted by Gasteiger charge is 2.34. The van der Waals surface area contributed by atoms with E-state index >= 15 is 0 Å². The van der Waals surface area contributed by atoms with E-state index in [9.17, 15) is 18.0 Å². The minimum atomic E-state index is -4.36. The number of aryl methyl sites for hydroxylation is 2. The lowest BCUT2D eigenvalue weighted by atomic mass is 10.1. The first-order valence-corrected chi connectivity index (χ1v) is 8.55. The first-order valence-electron chi connectivity index (χ1n) is 7.74. The molecule has 2 nitrogen and oxygen atoms in total. The van der Waals surface area contributed by atoms with Crippen molar-refractivity contribution in [1.82, 2.24) is 4.90 Å². The van der Waals surface area contributed by atoms with Crippen LogP contribution >= 0.6 is 11.3 Å². The molecule has 0 saturated carbocycles. The molecule has 1 amide bonds. The van der Waals surface area contributed by atoms with Gasteiger partial charge in [-0.15, -0.1) is 11.3 Å². The Kier molecular flexibility index (Phi) is 5.53. The van der Waals surface area contributed by atoms with Crippen molar-refractivity contribution in [1.29, 1.82) is 0 Å². The van der Waals surface area contributed by atoms with E-state index in [2.05, 4.69) is 0 Å². The zero-order chi connectivity index (χ0) is 16.3. The van der Waals surface area contributed by atoms with E-state index in [0.717, 1.165) is 36.1 Å². The van der Waals surface area contributed by atoms with Crippen molar-refractivity contribution in [2.45, 2.75) is 52.1 Å². The van der Waals surface area contributed by atoms with Crippen molar-refractivity contribution in [3.8, 4) is 0 Å². The van der Waals surface area contributed by atoms with Crippen LogP contribution in [0, 0.1) is 5.92 Å². The van der Waals surface area contributed by atoms with Crippen LogP contribution in [0.25, 0.3) is 0 Å². The lowest BCUT2D eigenvalue weighted by molar-refractivity contribution is -0.141. The van der Waals surface area contributed by atoms with Gasteiger partial charge in [-0.2, -0.15) is 13.2 Å². The largest absolute Gasteiger partial charge is 0.406 e. The Morgan fingerprint density at radius 3 is 2.59 bits per heavy atom. The third-order valence-electron chi connectivity index (χ3n) is 3.70. The molecule has 6 heteroatoms. The Bertz CT molecular complexity index is 498. The molecule has 0 aromatic carbocycles. The SMILES string of the molecule is CC(C)CN(CC(F)(F)F)C(=O)c1cc2c(s1)CCCCC2. The van der Waals surface area contributed by atoms with Gasteiger partial charge in [0, 0.05) is 11.4 Å². The van der Waals surface area contributed by atoms with Crippen LogP contribution < -0.4 is 0 Å². The topological polar surface area (TPSA) is 20.3 Å². The normalized spacial score (nSPS) is 15.5. The summed E-state index contributed by atoms with van der Waals surface area (Å²) >= 11 is 1.38. The van der Waals surface area contributed by atoms with Crippen molar-refractivity contribution in [3.05, 3.63) is 21.4 Å². The quantitative estimate of drug-likeness (QED) is 0.733. The van der Waals surface area contributed by atoms with E-state index < -0.39 is 18.6 Å². The molecule has 1 aliphatic carbocycles. The first kappa shape index (κ1) is 17.3. The van der Waals surface area contributed by atoms with Crippen molar-refractivity contribution < 1.29 is 18.0 Å². The molecular weight excluding hydrogens is 311 g/mol. The number of fused-ring (bicyclic) bond motifs is 1. The zero-order valence-corrected chi connectivity index (χ0v) is 13.8. The molecule has 0 radical (unpaired) electrons. The summed E-state index contributed by atoms with van der Waals surface area (Å²) in [7, 11) is 0. The molecule has 0 atom stereocenters. The highest BCUT2D eigenvalue weighted by molar-refractivity contribution is 7.14. The standard InChI is InChI=1S/C16H22F3NOS/c1-11(2)9-20(10-16(17,18)19)15(21)14-8-12-6-4-3-5-7-13(12)22-14/h8,11H,3-7,9-10H2,1-2H3. The van der Waals surface area contributed by atoms with Gasteiger partial charge in [-0.05, 0) is 43.2 Å². The number of halogens is 3. The van der Waals surface area contributed by atoms with E-state index in [1.165, 1.54) is 22.6 Å². The number of carbonyl (C=O) groups is 1. The van der Waals surface area contributed by atoms with E-state index in [4.69, 9.17) is 0 Å². The Labute approximate surface area is 133 Å². The highest BCUT2D eigenvalue weighted by Crippen LogP contribution is 2.30. The molecule has 0 bridgehead atoms. The molecule has 0 unspecified atom stereocenters. The van der Waals surface area contributed by atoms with Crippen LogP contribution in [0.15, 0.2) is 6.07 Å². The van der Waals surface area contributed by atoms with Gasteiger partial charge in [0.15, 0.2) is 0 Å². The number of amides is 1. The van der Waals surface area contributed by atoms with Gasteiger partial charge < -0.3 is 4.90 Å². The molecule has 0 spiro atoms. The lowest BCUT2D eigenvalue weighted by Crippen LogP contribution is -2.40. The Balaban J connectivity index is 2.19. The predicted molar refractivity (Wildman–Crippen MR) is 82.4 cm³/mol. The maximum atomic E-state index is 12.7. The summed E-state index contributed by atoms with van der Waals surface area (Å²) in [4.78, 5) is 15.1.